The van der Waals surface area contributed by atoms with Crippen molar-refractivity contribution < 1.29 is 28.4 Å². The molecule has 344 valence electrons. The Morgan fingerprint density at radius 1 is 0.552 bits per heavy atom. The van der Waals surface area contributed by atoms with E-state index in [0.29, 0.717) is 6.42 Å². The van der Waals surface area contributed by atoms with Crippen molar-refractivity contribution in [3.8, 4) is 0 Å². The van der Waals surface area contributed by atoms with Crippen LogP contribution in [0.1, 0.15) is 251 Å². The van der Waals surface area contributed by atoms with Gasteiger partial charge in [0.1, 0.15) is 0 Å². The molecular weight excluding hydrogens is 744 g/mol. The second-order valence-electron chi connectivity index (χ2n) is 17.0. The van der Waals surface area contributed by atoms with Gasteiger partial charge < -0.3 is 21.1 Å². The highest BCUT2D eigenvalue weighted by Gasteiger charge is 2.26. The largest absolute Gasteiger partial charge is 0.472 e. The Hall–Kier alpha value is -1.02. The first-order valence-electron chi connectivity index (χ1n) is 25.0. The van der Waals surface area contributed by atoms with E-state index in [2.05, 4.69) is 31.3 Å². The summed E-state index contributed by atoms with van der Waals surface area (Å²) < 4.78 is 22.2. The van der Waals surface area contributed by atoms with E-state index >= 15 is 0 Å². The first-order valence-corrected chi connectivity index (χ1v) is 26.5. The highest BCUT2D eigenvalue weighted by Crippen LogP contribution is 2.43. The molecule has 0 bridgehead atoms. The molecule has 0 heterocycles. The van der Waals surface area contributed by atoms with Gasteiger partial charge in [-0.1, -0.05) is 237 Å². The molecule has 1 amide bonds. The van der Waals surface area contributed by atoms with Gasteiger partial charge in [0.05, 0.1) is 25.4 Å². The van der Waals surface area contributed by atoms with Crippen LogP contribution in [0.25, 0.3) is 0 Å². The number of phosphoric ester groups is 1. The number of hydrogen-bond donors (Lipinski definition) is 4. The van der Waals surface area contributed by atoms with Gasteiger partial charge in [0, 0.05) is 13.0 Å². The van der Waals surface area contributed by atoms with Gasteiger partial charge >= 0.3 is 7.82 Å². The van der Waals surface area contributed by atoms with E-state index in [0.717, 1.165) is 38.5 Å². The van der Waals surface area contributed by atoms with E-state index in [1.807, 2.05) is 6.08 Å². The van der Waals surface area contributed by atoms with Gasteiger partial charge in [-0.15, -0.1) is 0 Å². The van der Waals surface area contributed by atoms with Crippen LogP contribution in [0, 0.1) is 0 Å². The van der Waals surface area contributed by atoms with Crippen LogP contribution in [0.5, 0.6) is 0 Å². The molecule has 0 saturated heterocycles. The summed E-state index contributed by atoms with van der Waals surface area (Å²) in [6, 6.07) is -0.873. The minimum atomic E-state index is -4.35. The summed E-state index contributed by atoms with van der Waals surface area (Å²) >= 11 is 0. The van der Waals surface area contributed by atoms with Crippen LogP contribution >= 0.6 is 7.82 Å². The number of nitrogens with one attached hydrogen (secondary N) is 1. The number of phosphoric acid groups is 1. The summed E-state index contributed by atoms with van der Waals surface area (Å²) in [6.07, 6.45) is 53.9. The van der Waals surface area contributed by atoms with E-state index in [4.69, 9.17) is 14.8 Å². The minimum Gasteiger partial charge on any atom is -0.387 e. The molecule has 3 atom stereocenters. The van der Waals surface area contributed by atoms with Crippen molar-refractivity contribution in [2.45, 2.75) is 264 Å². The summed E-state index contributed by atoms with van der Waals surface area (Å²) in [4.78, 5) is 22.8. The van der Waals surface area contributed by atoms with Gasteiger partial charge in [0.2, 0.25) is 5.91 Å². The van der Waals surface area contributed by atoms with E-state index in [1.54, 1.807) is 6.08 Å². The molecule has 9 heteroatoms. The van der Waals surface area contributed by atoms with E-state index in [9.17, 15) is 19.4 Å². The lowest BCUT2D eigenvalue weighted by Gasteiger charge is -2.23. The average molecular weight is 841 g/mol. The third-order valence-electron chi connectivity index (χ3n) is 11.3. The molecule has 0 rings (SSSR count). The topological polar surface area (TPSA) is 131 Å². The van der Waals surface area contributed by atoms with Gasteiger partial charge in [-0.2, -0.15) is 0 Å². The van der Waals surface area contributed by atoms with Gasteiger partial charge in [-0.05, 0) is 32.1 Å². The van der Waals surface area contributed by atoms with Crippen molar-refractivity contribution in [1.29, 1.82) is 0 Å². The van der Waals surface area contributed by atoms with Crippen LogP contribution in [-0.2, 0) is 18.4 Å². The molecule has 0 radical (unpaired) electrons. The number of nitrogens with two attached hydrogens (primary N) is 1. The fourth-order valence-electron chi connectivity index (χ4n) is 7.50. The zero-order chi connectivity index (χ0) is 42.5. The maximum absolute atomic E-state index is 12.8. The molecule has 8 nitrogen and oxygen atoms in total. The monoisotopic (exact) mass is 841 g/mol. The predicted octanol–water partition coefficient (Wildman–Crippen LogP) is 14.5. The third kappa shape index (κ3) is 43.1. The number of aliphatic hydroxyl groups excluding tert-OH is 1. The van der Waals surface area contributed by atoms with Crippen LogP contribution in [-0.4, -0.2) is 47.8 Å². The fourth-order valence-corrected chi connectivity index (χ4v) is 8.26. The molecule has 5 N–H and O–H groups in total. The Kier molecular flexibility index (Phi) is 44.7. The number of unbranched alkanes of at least 4 members (excludes halogenated alkanes) is 33. The van der Waals surface area contributed by atoms with Crippen LogP contribution in [0.15, 0.2) is 24.3 Å². The molecule has 0 aliphatic heterocycles. The highest BCUT2D eigenvalue weighted by atomic mass is 31.2. The Bertz CT molecular complexity index is 963. The second kappa shape index (κ2) is 45.5. The zero-order valence-electron chi connectivity index (χ0n) is 38.3. The fraction of sp³-hybridized carbons (Fsp3) is 0.898. The SMILES string of the molecule is CCCCCCCCCCCC/C=C/CC/C=C/C(O)C(COP(=O)(O)OCCN)NC(=O)CCCCCCCCCCCCCCCCCCCCCCCCC. The lowest BCUT2D eigenvalue weighted by Crippen LogP contribution is -2.45. The lowest BCUT2D eigenvalue weighted by molar-refractivity contribution is -0.123. The lowest BCUT2D eigenvalue weighted by atomic mass is 10.0. The van der Waals surface area contributed by atoms with Crippen LogP contribution < -0.4 is 11.1 Å². The number of hydrogen-bond acceptors (Lipinski definition) is 6. The molecular formula is C49H97N2O6P. The maximum atomic E-state index is 12.8. The van der Waals surface area contributed by atoms with Gasteiger partial charge in [-0.25, -0.2) is 4.57 Å². The van der Waals surface area contributed by atoms with Crippen molar-refractivity contribution >= 4 is 13.7 Å². The Balaban J connectivity index is 4.08. The summed E-state index contributed by atoms with van der Waals surface area (Å²) in [7, 11) is -4.35. The Morgan fingerprint density at radius 3 is 1.33 bits per heavy atom. The van der Waals surface area contributed by atoms with Crippen molar-refractivity contribution in [2.75, 3.05) is 19.8 Å². The number of amides is 1. The molecule has 0 aromatic heterocycles. The average Bonchev–Trinajstić information content (AvgIpc) is 3.21. The maximum Gasteiger partial charge on any atom is 0.472 e. The Morgan fingerprint density at radius 2 is 0.914 bits per heavy atom. The molecule has 3 unspecified atom stereocenters. The normalized spacial score (nSPS) is 14.1. The molecule has 0 aliphatic rings. The van der Waals surface area contributed by atoms with Crippen LogP contribution in [0.4, 0.5) is 0 Å². The highest BCUT2D eigenvalue weighted by molar-refractivity contribution is 7.47. The Labute approximate surface area is 359 Å². The molecule has 0 aromatic rings. The summed E-state index contributed by atoms with van der Waals surface area (Å²) in [5, 5.41) is 13.7. The van der Waals surface area contributed by atoms with Gasteiger partial charge in [-0.3, -0.25) is 13.8 Å². The smallest absolute Gasteiger partial charge is 0.387 e. The third-order valence-corrected chi connectivity index (χ3v) is 12.3. The number of rotatable bonds is 47. The predicted molar refractivity (Wildman–Crippen MR) is 249 cm³/mol. The summed E-state index contributed by atoms with van der Waals surface area (Å²) in [5.41, 5.74) is 5.38. The summed E-state index contributed by atoms with van der Waals surface area (Å²) in [5.74, 6) is -0.199. The van der Waals surface area contributed by atoms with Crippen molar-refractivity contribution in [3.63, 3.8) is 0 Å². The molecule has 0 aliphatic carbocycles. The van der Waals surface area contributed by atoms with E-state index in [1.165, 1.54) is 193 Å². The van der Waals surface area contributed by atoms with Gasteiger partial charge in [0.25, 0.3) is 0 Å². The summed E-state index contributed by atoms with van der Waals surface area (Å²) in [6.45, 7) is 4.15. The number of carbonyl (C=O) groups excluding carboxylic acids is 1. The number of allylic oxidation sites excluding steroid dienone is 3. The zero-order valence-corrected chi connectivity index (χ0v) is 39.2. The second-order valence-corrected chi connectivity index (χ2v) is 18.5. The van der Waals surface area contributed by atoms with E-state index in [-0.39, 0.29) is 25.7 Å². The molecule has 0 saturated carbocycles. The standard InChI is InChI=1S/C49H97N2O6P/c1-3-5-7-9-11-13-15-17-19-21-22-23-24-25-26-27-29-31-33-35-37-39-41-43-49(53)51-47(46-57-58(54,55)56-45-44-50)48(52)42-40-38-36-34-32-30-28-20-18-16-14-12-10-8-6-4-2/h32,34,40,42,47-48,52H,3-31,33,35-39,41,43-46,50H2,1-2H3,(H,51,53)(H,54,55)/b34-32+,42-40+. The quantitative estimate of drug-likeness (QED) is 0.0273. The van der Waals surface area contributed by atoms with Crippen LogP contribution in [0.3, 0.4) is 0 Å². The first kappa shape index (κ1) is 57.0. The minimum absolute atomic E-state index is 0.0761. The van der Waals surface area contributed by atoms with E-state index < -0.39 is 20.0 Å². The van der Waals surface area contributed by atoms with Crippen molar-refractivity contribution in [2.24, 2.45) is 5.73 Å². The number of aliphatic hydroxyl groups is 1. The molecule has 0 fully saturated rings. The first-order chi connectivity index (χ1) is 28.4. The van der Waals surface area contributed by atoms with Crippen molar-refractivity contribution in [1.82, 2.24) is 5.32 Å². The van der Waals surface area contributed by atoms with Gasteiger partial charge in [0.15, 0.2) is 0 Å². The number of carbonyl (C=O) groups is 1. The van der Waals surface area contributed by atoms with Crippen LogP contribution in [0.2, 0.25) is 0 Å². The molecule has 0 aromatic carbocycles. The van der Waals surface area contributed by atoms with Crippen molar-refractivity contribution in [3.05, 3.63) is 24.3 Å². The molecule has 0 spiro atoms. The molecule has 58 heavy (non-hydrogen) atoms.